The normalized spacial score (nSPS) is 20.7. The van der Waals surface area contributed by atoms with Crippen LogP contribution in [0.15, 0.2) is 42.9 Å². The third-order valence-corrected chi connectivity index (χ3v) is 4.85. The Morgan fingerprint density at radius 3 is 2.68 bits per heavy atom. The molecule has 2 saturated heterocycles. The van der Waals surface area contributed by atoms with Crippen molar-refractivity contribution in [3.8, 4) is 0 Å². The van der Waals surface area contributed by atoms with Crippen LogP contribution in [-0.4, -0.2) is 53.6 Å². The summed E-state index contributed by atoms with van der Waals surface area (Å²) in [5, 5.41) is 0. The molecule has 6 nitrogen and oxygen atoms in total. The molecular formula is C19H22N4O2. The van der Waals surface area contributed by atoms with E-state index < -0.39 is 0 Å². The highest BCUT2D eigenvalue weighted by Gasteiger charge is 2.26. The van der Waals surface area contributed by atoms with E-state index in [-0.39, 0.29) is 12.0 Å². The smallest absolute Gasteiger partial charge is 0.254 e. The first-order valence-corrected chi connectivity index (χ1v) is 8.83. The van der Waals surface area contributed by atoms with Crippen LogP contribution in [0.4, 0.5) is 5.82 Å². The van der Waals surface area contributed by atoms with E-state index in [2.05, 4.69) is 14.9 Å². The van der Waals surface area contributed by atoms with Crippen molar-refractivity contribution in [1.82, 2.24) is 14.9 Å². The number of nitrogens with zero attached hydrogens (tertiary/aromatic N) is 4. The third kappa shape index (κ3) is 3.49. The lowest BCUT2D eigenvalue weighted by Crippen LogP contribution is -2.42. The monoisotopic (exact) mass is 338 g/mol. The second-order valence-corrected chi connectivity index (χ2v) is 6.49. The number of amides is 1. The fourth-order valence-corrected chi connectivity index (χ4v) is 3.47. The minimum Gasteiger partial charge on any atom is -0.370 e. The summed E-state index contributed by atoms with van der Waals surface area (Å²) >= 11 is 0. The Morgan fingerprint density at radius 1 is 1.08 bits per heavy atom. The maximum absolute atomic E-state index is 13.0. The van der Waals surface area contributed by atoms with Crippen LogP contribution in [0.2, 0.25) is 0 Å². The van der Waals surface area contributed by atoms with Gasteiger partial charge < -0.3 is 14.5 Å². The highest BCUT2D eigenvalue weighted by molar-refractivity contribution is 5.95. The second-order valence-electron chi connectivity index (χ2n) is 6.49. The molecule has 1 unspecified atom stereocenters. The van der Waals surface area contributed by atoms with Gasteiger partial charge in [0.2, 0.25) is 0 Å². The fraction of sp³-hybridized carbons (Fsp3) is 0.421. The van der Waals surface area contributed by atoms with Gasteiger partial charge in [-0.15, -0.1) is 0 Å². The van der Waals surface area contributed by atoms with Crippen LogP contribution < -0.4 is 4.90 Å². The molecular weight excluding hydrogens is 316 g/mol. The molecule has 0 radical (unpaired) electrons. The van der Waals surface area contributed by atoms with Gasteiger partial charge in [-0.25, -0.2) is 4.98 Å². The van der Waals surface area contributed by atoms with Crippen molar-refractivity contribution in [2.75, 3.05) is 37.7 Å². The zero-order chi connectivity index (χ0) is 17.1. The predicted octanol–water partition coefficient (Wildman–Crippen LogP) is 2.29. The summed E-state index contributed by atoms with van der Waals surface area (Å²) in [7, 11) is 0. The van der Waals surface area contributed by atoms with E-state index in [4.69, 9.17) is 4.74 Å². The molecule has 2 aromatic heterocycles. The lowest BCUT2D eigenvalue weighted by molar-refractivity contribution is -0.0228. The molecule has 2 aliphatic rings. The van der Waals surface area contributed by atoms with E-state index in [1.165, 1.54) is 12.8 Å². The molecule has 0 spiro atoms. The molecule has 1 atom stereocenters. The molecule has 0 N–H and O–H groups in total. The van der Waals surface area contributed by atoms with Crippen molar-refractivity contribution in [2.45, 2.75) is 18.9 Å². The van der Waals surface area contributed by atoms with Crippen molar-refractivity contribution < 1.29 is 9.53 Å². The maximum atomic E-state index is 13.0. The fourth-order valence-electron chi connectivity index (χ4n) is 3.47. The summed E-state index contributed by atoms with van der Waals surface area (Å²) in [4.78, 5) is 25.6. The minimum atomic E-state index is -0.0967. The number of carbonyl (C=O) groups is 1. The largest absolute Gasteiger partial charge is 0.370 e. The molecule has 2 fully saturated rings. The van der Waals surface area contributed by atoms with Crippen LogP contribution in [0.25, 0.3) is 0 Å². The SMILES string of the molecule is O=C(c1ccnc(N2CCCC2)c1)N1CCOC(c2ccncc2)C1. The van der Waals surface area contributed by atoms with Crippen molar-refractivity contribution in [3.05, 3.63) is 54.0 Å². The van der Waals surface area contributed by atoms with Gasteiger partial charge in [-0.1, -0.05) is 0 Å². The van der Waals surface area contributed by atoms with Gasteiger partial charge in [0, 0.05) is 43.8 Å². The Hall–Kier alpha value is -2.47. The highest BCUT2D eigenvalue weighted by Crippen LogP contribution is 2.24. The van der Waals surface area contributed by atoms with Crippen molar-refractivity contribution in [1.29, 1.82) is 0 Å². The average molecular weight is 338 g/mol. The van der Waals surface area contributed by atoms with Crippen molar-refractivity contribution in [3.63, 3.8) is 0 Å². The molecule has 4 heterocycles. The molecule has 4 rings (SSSR count). The van der Waals surface area contributed by atoms with Crippen molar-refractivity contribution in [2.24, 2.45) is 0 Å². The standard InChI is InChI=1S/C19H22N4O2/c24-19(16-5-8-21-18(13-16)22-9-1-2-10-22)23-11-12-25-17(14-23)15-3-6-20-7-4-15/h3-8,13,17H,1-2,9-12,14H2. The predicted molar refractivity (Wildman–Crippen MR) is 94.5 cm³/mol. The quantitative estimate of drug-likeness (QED) is 0.859. The number of anilines is 1. The first-order chi connectivity index (χ1) is 12.3. The van der Waals surface area contributed by atoms with E-state index in [1.807, 2.05) is 23.1 Å². The summed E-state index contributed by atoms with van der Waals surface area (Å²) in [6.45, 7) is 3.76. The molecule has 130 valence electrons. The summed E-state index contributed by atoms with van der Waals surface area (Å²) in [5.41, 5.74) is 1.76. The molecule has 1 amide bonds. The van der Waals surface area contributed by atoms with Gasteiger partial charge in [0.1, 0.15) is 11.9 Å². The van der Waals surface area contributed by atoms with E-state index in [9.17, 15) is 4.79 Å². The first kappa shape index (κ1) is 16.0. The molecule has 0 aliphatic carbocycles. The molecule has 25 heavy (non-hydrogen) atoms. The molecule has 0 aromatic carbocycles. The van der Waals surface area contributed by atoms with Gasteiger partial charge in [0.05, 0.1) is 13.2 Å². The average Bonchev–Trinajstić information content (AvgIpc) is 3.23. The third-order valence-electron chi connectivity index (χ3n) is 4.85. The van der Waals surface area contributed by atoms with E-state index in [0.29, 0.717) is 25.3 Å². The number of rotatable bonds is 3. The number of hydrogen-bond donors (Lipinski definition) is 0. The molecule has 6 heteroatoms. The van der Waals surface area contributed by atoms with Gasteiger partial charge in [-0.05, 0) is 42.7 Å². The van der Waals surface area contributed by atoms with Crippen LogP contribution in [0.3, 0.4) is 0 Å². The number of carbonyl (C=O) groups excluding carboxylic acids is 1. The molecule has 2 aliphatic heterocycles. The number of morpholine rings is 1. The van der Waals surface area contributed by atoms with Gasteiger partial charge in [0.15, 0.2) is 0 Å². The second kappa shape index (κ2) is 7.19. The number of ether oxygens (including phenoxy) is 1. The van der Waals surface area contributed by atoms with Crippen molar-refractivity contribution >= 4 is 11.7 Å². The summed E-state index contributed by atoms with van der Waals surface area (Å²) in [6, 6.07) is 7.61. The Balaban J connectivity index is 1.49. The van der Waals surface area contributed by atoms with Crippen LogP contribution in [0, 0.1) is 0 Å². The summed E-state index contributed by atoms with van der Waals surface area (Å²) in [5.74, 6) is 0.951. The highest BCUT2D eigenvalue weighted by atomic mass is 16.5. The van der Waals surface area contributed by atoms with Crippen LogP contribution >= 0.6 is 0 Å². The lowest BCUT2D eigenvalue weighted by atomic mass is 10.1. The Kier molecular flexibility index (Phi) is 4.61. The maximum Gasteiger partial charge on any atom is 0.254 e. The van der Waals surface area contributed by atoms with Gasteiger partial charge >= 0.3 is 0 Å². The van der Waals surface area contributed by atoms with Crippen LogP contribution in [-0.2, 0) is 4.74 Å². The number of pyridine rings is 2. The van der Waals surface area contributed by atoms with E-state index in [0.717, 1.165) is 24.5 Å². The number of hydrogen-bond acceptors (Lipinski definition) is 5. The topological polar surface area (TPSA) is 58.6 Å². The molecule has 2 aromatic rings. The van der Waals surface area contributed by atoms with Crippen LogP contribution in [0.5, 0.6) is 0 Å². The van der Waals surface area contributed by atoms with Gasteiger partial charge in [-0.2, -0.15) is 0 Å². The lowest BCUT2D eigenvalue weighted by Gasteiger charge is -2.33. The first-order valence-electron chi connectivity index (χ1n) is 8.83. The Labute approximate surface area is 147 Å². The summed E-state index contributed by atoms with van der Waals surface area (Å²) in [6.07, 6.45) is 7.53. The van der Waals surface area contributed by atoms with E-state index in [1.54, 1.807) is 24.7 Å². The zero-order valence-electron chi connectivity index (χ0n) is 14.2. The van der Waals surface area contributed by atoms with E-state index >= 15 is 0 Å². The molecule has 0 saturated carbocycles. The summed E-state index contributed by atoms with van der Waals surface area (Å²) < 4.78 is 5.84. The zero-order valence-corrected chi connectivity index (χ0v) is 14.2. The van der Waals surface area contributed by atoms with Gasteiger partial charge in [0.25, 0.3) is 5.91 Å². The Bertz CT molecular complexity index is 731. The minimum absolute atomic E-state index is 0.0465. The molecule has 0 bridgehead atoms. The van der Waals surface area contributed by atoms with Gasteiger partial charge in [-0.3, -0.25) is 9.78 Å². The van der Waals surface area contributed by atoms with Crippen LogP contribution in [0.1, 0.15) is 34.9 Å². The number of aromatic nitrogens is 2. The Morgan fingerprint density at radius 2 is 1.88 bits per heavy atom.